The van der Waals surface area contributed by atoms with Gasteiger partial charge < -0.3 is 0 Å². The van der Waals surface area contributed by atoms with Gasteiger partial charge in [-0.25, -0.2) is 5.47 Å². The highest BCUT2D eigenvalue weighted by atomic mass is 127. The molecule has 0 amide bonds. The van der Waals surface area contributed by atoms with Crippen LogP contribution >= 0.6 is 26.7 Å². The highest BCUT2D eigenvalue weighted by molar-refractivity contribution is 14.2. The molecule has 0 saturated carbocycles. The molecular formula is C21H23IS. The summed E-state index contributed by atoms with van der Waals surface area (Å²) in [5, 5.41) is 8.37. The van der Waals surface area contributed by atoms with Crippen LogP contribution in [0, 0.1) is 0 Å². The van der Waals surface area contributed by atoms with Gasteiger partial charge in [-0.15, -0.1) is 0 Å². The first kappa shape index (κ1) is 15.5. The molecule has 2 heteroatoms. The zero-order valence-corrected chi connectivity index (χ0v) is 17.2. The van der Waals surface area contributed by atoms with E-state index in [9.17, 15) is 0 Å². The molecule has 0 fully saturated rings. The van der Waals surface area contributed by atoms with Gasteiger partial charge in [0.05, 0.1) is 0 Å². The Kier molecular flexibility index (Phi) is 2.80. The van der Waals surface area contributed by atoms with Crippen molar-refractivity contribution in [3.63, 3.8) is 0 Å². The Hall–Kier alpha value is -1.00. The fourth-order valence-electron chi connectivity index (χ4n) is 3.64. The van der Waals surface area contributed by atoms with Crippen molar-refractivity contribution in [3.8, 4) is 0 Å². The van der Waals surface area contributed by atoms with Crippen molar-refractivity contribution < 1.29 is 0 Å². The minimum Gasteiger partial charge on any atom is -0.238 e. The van der Waals surface area contributed by atoms with E-state index in [0.717, 1.165) is 5.75 Å². The van der Waals surface area contributed by atoms with Crippen LogP contribution in [-0.2, 0) is 5.75 Å². The molecule has 4 rings (SSSR count). The lowest BCUT2D eigenvalue weighted by molar-refractivity contribution is 1.42. The lowest BCUT2D eigenvalue weighted by atomic mass is 9.92. The maximum Gasteiger partial charge on any atom is -0.00146 e. The Labute approximate surface area is 149 Å². The summed E-state index contributed by atoms with van der Waals surface area (Å²) in [6.07, 6.45) is 9.84. The normalized spacial score (nSPS) is 16.0. The van der Waals surface area contributed by atoms with Crippen molar-refractivity contribution in [1.29, 1.82) is 0 Å². The van der Waals surface area contributed by atoms with Crippen molar-refractivity contribution in [1.82, 2.24) is 0 Å². The van der Waals surface area contributed by atoms with Crippen molar-refractivity contribution in [2.24, 2.45) is 0 Å². The van der Waals surface area contributed by atoms with Crippen molar-refractivity contribution in [3.05, 3.63) is 60.2 Å². The van der Waals surface area contributed by atoms with E-state index in [0.29, 0.717) is 0 Å². The molecule has 0 saturated heterocycles. The molecule has 0 unspecified atom stereocenters. The number of rotatable bonds is 2. The summed E-state index contributed by atoms with van der Waals surface area (Å²) in [7, 11) is 0. The molecule has 23 heavy (non-hydrogen) atoms. The third kappa shape index (κ3) is 2.91. The van der Waals surface area contributed by atoms with Crippen LogP contribution in [0.3, 0.4) is 0 Å². The molecular weight excluding hydrogens is 411 g/mol. The van der Waals surface area contributed by atoms with E-state index in [4.69, 9.17) is 0 Å². The topological polar surface area (TPSA) is 0 Å². The summed E-state index contributed by atoms with van der Waals surface area (Å²) < 4.78 is 0. The van der Waals surface area contributed by atoms with Gasteiger partial charge in [-0.2, -0.15) is 0 Å². The van der Waals surface area contributed by atoms with Gasteiger partial charge in [0, 0.05) is 0 Å². The molecule has 0 heterocycles. The summed E-state index contributed by atoms with van der Waals surface area (Å²) in [5.74, 6) is 1.14. The maximum absolute atomic E-state index is 2.74. The predicted molar refractivity (Wildman–Crippen MR) is 119 cm³/mol. The van der Waals surface area contributed by atoms with E-state index in [1.54, 1.807) is 0 Å². The molecule has 120 valence electrons. The summed E-state index contributed by atoms with van der Waals surface area (Å²) in [5.41, 5.74) is -0.580. The van der Waals surface area contributed by atoms with Gasteiger partial charge in [-0.3, -0.25) is 0 Å². The Morgan fingerprint density at radius 2 is 1.30 bits per heavy atom. The summed E-state index contributed by atoms with van der Waals surface area (Å²) >= 11 is 2.74. The first-order chi connectivity index (χ1) is 10.5. The number of hydrogen-bond donors (Lipinski definition) is 0. The Balaban J connectivity index is 2.17. The highest BCUT2D eigenvalue weighted by Gasteiger charge is 2.39. The smallest absolute Gasteiger partial charge is 0.00146 e. The van der Waals surface area contributed by atoms with E-state index in [1.165, 1.54) is 37.9 Å². The van der Waals surface area contributed by atoms with E-state index in [1.807, 2.05) is 0 Å². The van der Waals surface area contributed by atoms with Gasteiger partial charge >= 0.3 is 0 Å². The zero-order valence-electron chi connectivity index (χ0n) is 14.2. The van der Waals surface area contributed by atoms with Crippen molar-refractivity contribution >= 4 is 59.0 Å². The first-order valence-corrected chi connectivity index (χ1v) is 14.7. The molecule has 0 bridgehead atoms. The standard InChI is InChI=1S/C21H23IS/c1-23(2,3,4,22)14-18-13-17-9-5-7-15-11-12-16-8-6-10-19(18)21(16)20(15)17/h5-13H,14H2,1-4H3. The molecule has 0 nitrogen and oxygen atoms in total. The van der Waals surface area contributed by atoms with Crippen molar-refractivity contribution in [2.75, 3.05) is 25.0 Å². The third-order valence-corrected chi connectivity index (χ3v) is 6.89. The van der Waals surface area contributed by atoms with Gasteiger partial charge in [0.1, 0.15) is 0 Å². The molecule has 0 spiro atoms. The Bertz CT molecular complexity index is 1060. The van der Waals surface area contributed by atoms with Crippen LogP contribution in [0.2, 0.25) is 0 Å². The predicted octanol–water partition coefficient (Wildman–Crippen LogP) is 6.83. The van der Waals surface area contributed by atoms with Crippen LogP contribution in [0.1, 0.15) is 5.56 Å². The Morgan fingerprint density at radius 3 is 1.96 bits per heavy atom. The van der Waals surface area contributed by atoms with Crippen LogP contribution in [-0.4, -0.2) is 25.0 Å². The van der Waals surface area contributed by atoms with E-state index >= 15 is 0 Å². The first-order valence-electron chi connectivity index (χ1n) is 7.91. The average Bonchev–Trinajstić information content (AvgIpc) is 2.42. The highest BCUT2D eigenvalue weighted by Crippen LogP contribution is 2.87. The summed E-state index contributed by atoms with van der Waals surface area (Å²) in [6, 6.07) is 20.4. The number of hydrogen-bond acceptors (Lipinski definition) is 0. The second-order valence-electron chi connectivity index (χ2n) is 9.06. The molecule has 0 N–H and O–H groups in total. The number of benzene rings is 4. The molecule has 4 aromatic rings. The van der Waals surface area contributed by atoms with E-state index < -0.39 is 5.47 Å². The number of halogens is 1. The van der Waals surface area contributed by atoms with Crippen LogP contribution in [0.5, 0.6) is 0 Å². The third-order valence-electron chi connectivity index (χ3n) is 4.38. The lowest BCUT2D eigenvalue weighted by Crippen LogP contribution is -2.25. The van der Waals surface area contributed by atoms with E-state index in [-0.39, 0.29) is 0 Å². The second-order valence-corrected chi connectivity index (χ2v) is 30.4. The quantitative estimate of drug-likeness (QED) is 0.240. The molecule has 0 aliphatic carbocycles. The minimum absolute atomic E-state index is 1.14. The van der Waals surface area contributed by atoms with Gasteiger partial charge in [0.25, 0.3) is 0 Å². The average molecular weight is 434 g/mol. The maximum atomic E-state index is 2.74. The summed E-state index contributed by atoms with van der Waals surface area (Å²) in [4.78, 5) is 0. The molecule has 0 aromatic heterocycles. The van der Waals surface area contributed by atoms with Gasteiger partial charge in [0.2, 0.25) is 0 Å². The van der Waals surface area contributed by atoms with Crippen LogP contribution in [0.4, 0.5) is 0 Å². The molecule has 4 aromatic carbocycles. The van der Waals surface area contributed by atoms with Gasteiger partial charge in [-0.1, -0.05) is 48.5 Å². The SMILES string of the molecule is CS(C)(C)(C)(I)Cc1cc2cccc3ccc4cccc1c4c32. The van der Waals surface area contributed by atoms with Crippen LogP contribution in [0.25, 0.3) is 32.3 Å². The lowest BCUT2D eigenvalue weighted by Gasteiger charge is -2.63. The largest absolute Gasteiger partial charge is 0.238 e. The monoisotopic (exact) mass is 434 g/mol. The molecule has 0 atom stereocenters. The van der Waals surface area contributed by atoms with Crippen LogP contribution < -0.4 is 0 Å². The summed E-state index contributed by atoms with van der Waals surface area (Å²) in [6.45, 7) is 0. The Morgan fingerprint density at radius 1 is 0.739 bits per heavy atom. The molecule has 0 aliphatic rings. The zero-order chi connectivity index (χ0) is 16.5. The van der Waals surface area contributed by atoms with Gasteiger partial charge in [-0.05, 0) is 95.9 Å². The fourth-order valence-corrected chi connectivity index (χ4v) is 6.24. The second kappa shape index (κ2) is 4.15. The molecule has 0 radical (unpaired) electrons. The van der Waals surface area contributed by atoms with E-state index in [2.05, 4.69) is 101 Å². The van der Waals surface area contributed by atoms with Crippen LogP contribution in [0.15, 0.2) is 54.6 Å². The fraction of sp³-hybridized carbons (Fsp3) is 0.238. The van der Waals surface area contributed by atoms with Crippen molar-refractivity contribution in [2.45, 2.75) is 5.75 Å². The van der Waals surface area contributed by atoms with Gasteiger partial charge in [0.15, 0.2) is 0 Å². The minimum atomic E-state index is -2.07. The molecule has 0 aliphatic heterocycles.